The average molecular weight is 553 g/mol. The van der Waals surface area contributed by atoms with E-state index in [-0.39, 0.29) is 29.5 Å². The quantitative estimate of drug-likeness (QED) is 0.466. The van der Waals surface area contributed by atoms with Gasteiger partial charge in [-0.05, 0) is 45.4 Å². The molecule has 0 aromatic carbocycles. The summed E-state index contributed by atoms with van der Waals surface area (Å²) in [7, 11) is 0. The van der Waals surface area contributed by atoms with Crippen molar-refractivity contribution in [2.75, 3.05) is 38.1 Å². The zero-order valence-corrected chi connectivity index (χ0v) is 22.0. The number of nitrogens with one attached hydrogen (secondary N) is 1. The first-order valence-electron chi connectivity index (χ1n) is 11.9. The number of ether oxygens (including phenoxy) is 1. The van der Waals surface area contributed by atoms with Gasteiger partial charge < -0.3 is 19.9 Å². The van der Waals surface area contributed by atoms with Crippen molar-refractivity contribution >= 4 is 40.8 Å². The summed E-state index contributed by atoms with van der Waals surface area (Å²) in [6.45, 7) is 8.32. The predicted molar refractivity (Wildman–Crippen MR) is 132 cm³/mol. The van der Waals surface area contributed by atoms with Gasteiger partial charge in [-0.15, -0.1) is 0 Å². The Morgan fingerprint density at radius 1 is 1.13 bits per heavy atom. The van der Waals surface area contributed by atoms with Crippen molar-refractivity contribution in [3.8, 4) is 0 Å². The van der Waals surface area contributed by atoms with Gasteiger partial charge in [-0.3, -0.25) is 14.3 Å². The second-order valence-corrected chi connectivity index (χ2v) is 9.30. The predicted octanol–water partition coefficient (Wildman–Crippen LogP) is 2.94. The van der Waals surface area contributed by atoms with Crippen molar-refractivity contribution in [2.45, 2.75) is 39.1 Å². The van der Waals surface area contributed by atoms with Crippen molar-refractivity contribution < 1.29 is 27.9 Å². The summed E-state index contributed by atoms with van der Waals surface area (Å²) in [6.07, 6.45) is 1.11. The molecule has 4 rings (SSSR count). The first-order chi connectivity index (χ1) is 17.9. The van der Waals surface area contributed by atoms with Gasteiger partial charge in [-0.1, -0.05) is 0 Å². The molecule has 3 aromatic heterocycles. The number of halogens is 3. The summed E-state index contributed by atoms with van der Waals surface area (Å²) in [4.78, 5) is 45.2. The maximum Gasteiger partial charge on any atom is 0.409 e. The number of carbonyl (C=O) groups is 3. The van der Waals surface area contributed by atoms with Gasteiger partial charge in [-0.25, -0.2) is 14.3 Å². The average Bonchev–Trinajstić information content (AvgIpc) is 3.45. The Kier molecular flexibility index (Phi) is 7.54. The van der Waals surface area contributed by atoms with Gasteiger partial charge in [0.1, 0.15) is 11.7 Å². The summed E-state index contributed by atoms with van der Waals surface area (Å²) in [5, 5.41) is 7.26. The van der Waals surface area contributed by atoms with Crippen LogP contribution in [0.4, 0.5) is 19.3 Å². The Labute approximate surface area is 221 Å². The molecule has 1 aliphatic rings. The van der Waals surface area contributed by atoms with Crippen LogP contribution in [0.3, 0.4) is 0 Å². The van der Waals surface area contributed by atoms with Crippen molar-refractivity contribution in [2.24, 2.45) is 0 Å². The van der Waals surface area contributed by atoms with Crippen molar-refractivity contribution in [1.82, 2.24) is 34.2 Å². The lowest BCUT2D eigenvalue weighted by atomic mass is 10.2. The minimum absolute atomic E-state index is 0.0418. The Morgan fingerprint density at radius 3 is 2.42 bits per heavy atom. The van der Waals surface area contributed by atoms with E-state index in [1.54, 1.807) is 30.6 Å². The second kappa shape index (κ2) is 10.5. The van der Waals surface area contributed by atoms with Crippen LogP contribution >= 0.6 is 11.6 Å². The van der Waals surface area contributed by atoms with Gasteiger partial charge in [0.15, 0.2) is 11.3 Å². The van der Waals surface area contributed by atoms with Crippen LogP contribution < -0.4 is 5.32 Å². The lowest BCUT2D eigenvalue weighted by Crippen LogP contribution is -2.52. The van der Waals surface area contributed by atoms with E-state index >= 15 is 0 Å². The van der Waals surface area contributed by atoms with Crippen LogP contribution in [0.5, 0.6) is 0 Å². The summed E-state index contributed by atoms with van der Waals surface area (Å²) in [5.74, 6) is -0.862. The van der Waals surface area contributed by atoms with Crippen molar-refractivity contribution in [3.63, 3.8) is 0 Å². The summed E-state index contributed by atoms with van der Waals surface area (Å²) < 4.78 is 35.0. The van der Waals surface area contributed by atoms with Crippen LogP contribution in [-0.4, -0.2) is 84.9 Å². The summed E-state index contributed by atoms with van der Waals surface area (Å²) >= 11 is 5.21. The molecule has 4 heterocycles. The molecule has 0 aliphatic carbocycles. The number of hydrogen-bond acceptors (Lipinski definition) is 7. The number of hydrogen-bond donors (Lipinski definition) is 1. The molecule has 12 nitrogen and oxygen atoms in total. The van der Waals surface area contributed by atoms with Gasteiger partial charge in [-0.2, -0.15) is 19.0 Å². The Balaban J connectivity index is 1.45. The number of fused-ring (bicyclic) bond motifs is 1. The second-order valence-electron chi connectivity index (χ2n) is 8.83. The molecule has 3 aromatic rings. The van der Waals surface area contributed by atoms with Crippen molar-refractivity contribution in [3.05, 3.63) is 41.1 Å². The third-order valence-electron chi connectivity index (χ3n) is 6.11. The van der Waals surface area contributed by atoms with Crippen LogP contribution in [0.15, 0.2) is 18.3 Å². The van der Waals surface area contributed by atoms with E-state index < -0.39 is 29.1 Å². The van der Waals surface area contributed by atoms with E-state index in [0.717, 1.165) is 10.6 Å². The number of piperazine rings is 1. The fourth-order valence-electron chi connectivity index (χ4n) is 4.10. The molecule has 1 saturated heterocycles. The zero-order chi connectivity index (χ0) is 27.8. The van der Waals surface area contributed by atoms with Gasteiger partial charge in [0, 0.05) is 44.1 Å². The van der Waals surface area contributed by atoms with E-state index in [1.165, 1.54) is 23.9 Å². The molecule has 1 atom stereocenters. The third kappa shape index (κ3) is 5.54. The van der Waals surface area contributed by atoms with Gasteiger partial charge in [0.25, 0.3) is 5.91 Å². The molecule has 0 spiro atoms. The monoisotopic (exact) mass is 552 g/mol. The minimum Gasteiger partial charge on any atom is -0.450 e. The Bertz CT molecular complexity index is 1380. The molecule has 1 N–H and O–H groups in total. The fourth-order valence-corrected chi connectivity index (χ4v) is 4.24. The van der Waals surface area contributed by atoms with E-state index in [1.807, 2.05) is 0 Å². The van der Waals surface area contributed by atoms with Crippen molar-refractivity contribution in [1.29, 1.82) is 0 Å². The maximum absolute atomic E-state index is 13.8. The van der Waals surface area contributed by atoms with E-state index in [0.29, 0.717) is 37.6 Å². The number of aryl methyl sites for hydroxylation is 2. The van der Waals surface area contributed by atoms with Crippen LogP contribution in [0.1, 0.15) is 47.5 Å². The molecule has 1 unspecified atom stereocenters. The number of anilines is 1. The smallest absolute Gasteiger partial charge is 0.409 e. The first-order valence-corrected chi connectivity index (χ1v) is 12.3. The highest BCUT2D eigenvalue weighted by Gasteiger charge is 2.33. The van der Waals surface area contributed by atoms with E-state index in [2.05, 4.69) is 20.5 Å². The summed E-state index contributed by atoms with van der Waals surface area (Å²) in [6, 6.07) is 1.69. The molecule has 0 saturated carbocycles. The van der Waals surface area contributed by atoms with E-state index in [9.17, 15) is 23.2 Å². The molecule has 15 heteroatoms. The number of amides is 3. The molecule has 204 valence electrons. The van der Waals surface area contributed by atoms with Crippen LogP contribution in [0, 0.1) is 13.8 Å². The number of alkyl halides is 3. The highest BCUT2D eigenvalue weighted by Crippen LogP contribution is 2.32. The van der Waals surface area contributed by atoms with E-state index in [4.69, 9.17) is 16.3 Å². The Hall–Kier alpha value is -3.81. The van der Waals surface area contributed by atoms with Gasteiger partial charge in [0.05, 0.1) is 18.0 Å². The molecular weight excluding hydrogens is 526 g/mol. The normalized spacial score (nSPS) is 15.0. The molecule has 3 amide bonds. The SMILES string of the molecule is CCOC(=O)N1CCN(C(=O)C(C)n2cc(NC(=O)c3cc4nc(C)cc(C(F)(F)Cl)n4n3)c(C)n2)CC1. The third-order valence-corrected chi connectivity index (χ3v) is 6.31. The minimum atomic E-state index is -3.71. The molecule has 38 heavy (non-hydrogen) atoms. The molecule has 1 aliphatic heterocycles. The van der Waals surface area contributed by atoms with Crippen LogP contribution in [0.25, 0.3) is 5.65 Å². The summed E-state index contributed by atoms with van der Waals surface area (Å²) in [5.41, 5.74) is 0.334. The molecule has 0 bridgehead atoms. The fraction of sp³-hybridized carbons (Fsp3) is 0.478. The molecule has 0 radical (unpaired) electrons. The van der Waals surface area contributed by atoms with Gasteiger partial charge in [0.2, 0.25) is 5.91 Å². The number of aromatic nitrogens is 5. The van der Waals surface area contributed by atoms with Crippen LogP contribution in [0.2, 0.25) is 0 Å². The number of nitrogens with zero attached hydrogens (tertiary/aromatic N) is 7. The maximum atomic E-state index is 13.8. The number of rotatable bonds is 6. The van der Waals surface area contributed by atoms with Gasteiger partial charge >= 0.3 is 11.5 Å². The topological polar surface area (TPSA) is 127 Å². The highest BCUT2D eigenvalue weighted by molar-refractivity contribution is 6.21. The standard InChI is InChI=1S/C23H27ClF2N8O4/c1-5-38-22(37)32-8-6-31(7-9-32)21(36)15(4)33-12-17(14(3)29-33)28-20(35)16-11-19-27-13(2)10-18(23(24,25)26)34(19)30-16/h10-12,15H,5-9H2,1-4H3,(H,28,35). The largest absolute Gasteiger partial charge is 0.450 e. The lowest BCUT2D eigenvalue weighted by Gasteiger charge is -2.35. The molecule has 1 fully saturated rings. The zero-order valence-electron chi connectivity index (χ0n) is 21.2. The number of carbonyl (C=O) groups excluding carboxylic acids is 3. The molecular formula is C23H27ClF2N8O4. The first kappa shape index (κ1) is 27.2. The van der Waals surface area contributed by atoms with Crippen LogP contribution in [-0.2, 0) is 14.9 Å². The lowest BCUT2D eigenvalue weighted by molar-refractivity contribution is -0.136. The highest BCUT2D eigenvalue weighted by atomic mass is 35.5. The Morgan fingerprint density at radius 2 is 1.79 bits per heavy atom.